The van der Waals surface area contributed by atoms with E-state index in [0.717, 1.165) is 43.9 Å². The van der Waals surface area contributed by atoms with Gasteiger partial charge in [-0.25, -0.2) is 8.78 Å². The number of halogens is 2. The molecule has 0 bridgehead atoms. The minimum atomic E-state index is -0.583. The number of rotatable bonds is 4. The molecule has 4 nitrogen and oxygen atoms in total. The Morgan fingerprint density at radius 1 is 1.11 bits per heavy atom. The van der Waals surface area contributed by atoms with E-state index < -0.39 is 17.7 Å². The van der Waals surface area contributed by atoms with E-state index in [1.54, 1.807) is 0 Å². The van der Waals surface area contributed by atoms with E-state index in [1.165, 1.54) is 49.8 Å². The van der Waals surface area contributed by atoms with Gasteiger partial charge in [-0.1, -0.05) is 0 Å². The second-order valence-corrected chi connectivity index (χ2v) is 8.80. The summed E-state index contributed by atoms with van der Waals surface area (Å²) in [6.45, 7) is 3.93. The molecule has 3 atom stereocenters. The summed E-state index contributed by atoms with van der Waals surface area (Å²) < 4.78 is 33.8. The second kappa shape index (κ2) is 7.30. The predicted octanol–water partition coefficient (Wildman–Crippen LogP) is 3.55. The highest BCUT2D eigenvalue weighted by atomic mass is 19.1. The van der Waals surface area contributed by atoms with Crippen LogP contribution >= 0.6 is 0 Å². The number of hydrogen-bond donors (Lipinski definition) is 1. The third-order valence-corrected chi connectivity index (χ3v) is 6.77. The third kappa shape index (κ3) is 3.41. The van der Waals surface area contributed by atoms with Crippen LogP contribution in [0.2, 0.25) is 0 Å². The molecule has 5 rings (SSSR count). The molecule has 0 spiro atoms. The van der Waals surface area contributed by atoms with E-state index >= 15 is 0 Å². The third-order valence-electron chi connectivity index (χ3n) is 6.77. The van der Waals surface area contributed by atoms with Crippen molar-refractivity contribution in [1.82, 2.24) is 9.80 Å². The first-order valence-corrected chi connectivity index (χ1v) is 10.7. The van der Waals surface area contributed by atoms with Crippen molar-refractivity contribution in [2.24, 2.45) is 11.7 Å². The first-order chi connectivity index (χ1) is 13.6. The zero-order valence-corrected chi connectivity index (χ0v) is 16.2. The molecule has 1 aliphatic carbocycles. The molecular formula is C22H29F2N3O. The van der Waals surface area contributed by atoms with Crippen LogP contribution in [-0.2, 0) is 4.74 Å². The monoisotopic (exact) mass is 389 g/mol. The van der Waals surface area contributed by atoms with E-state index in [1.807, 2.05) is 0 Å². The van der Waals surface area contributed by atoms with Crippen LogP contribution in [0.1, 0.15) is 50.2 Å². The number of ether oxygens (including phenoxy) is 1. The van der Waals surface area contributed by atoms with Gasteiger partial charge in [-0.2, -0.15) is 0 Å². The van der Waals surface area contributed by atoms with Crippen molar-refractivity contribution in [3.05, 3.63) is 46.8 Å². The smallest absolute Gasteiger partial charge is 0.129 e. The van der Waals surface area contributed by atoms with Crippen molar-refractivity contribution >= 4 is 0 Å². The summed E-state index contributed by atoms with van der Waals surface area (Å²) in [5, 5.41) is 0. The Morgan fingerprint density at radius 3 is 2.75 bits per heavy atom. The average Bonchev–Trinajstić information content (AvgIpc) is 3.39. The van der Waals surface area contributed by atoms with Crippen LogP contribution in [0.5, 0.6) is 0 Å². The highest BCUT2D eigenvalue weighted by molar-refractivity contribution is 5.25. The summed E-state index contributed by atoms with van der Waals surface area (Å²) in [5.74, 6) is -0.00894. The number of nitrogens with zero attached hydrogens (tertiary/aromatic N) is 2. The summed E-state index contributed by atoms with van der Waals surface area (Å²) in [7, 11) is 0. The molecule has 0 aromatic heterocycles. The van der Waals surface area contributed by atoms with Gasteiger partial charge in [-0.3, -0.25) is 0 Å². The van der Waals surface area contributed by atoms with E-state index in [4.69, 9.17) is 10.5 Å². The van der Waals surface area contributed by atoms with Crippen molar-refractivity contribution in [3.8, 4) is 0 Å². The largest absolute Gasteiger partial charge is 0.373 e. The summed E-state index contributed by atoms with van der Waals surface area (Å²) in [5.41, 5.74) is 9.63. The van der Waals surface area contributed by atoms with Crippen LogP contribution in [-0.4, -0.2) is 48.1 Å². The molecule has 2 fully saturated rings. The molecule has 6 heteroatoms. The molecule has 28 heavy (non-hydrogen) atoms. The van der Waals surface area contributed by atoms with E-state index in [-0.39, 0.29) is 17.6 Å². The van der Waals surface area contributed by atoms with Crippen LogP contribution < -0.4 is 5.73 Å². The molecule has 1 saturated heterocycles. The number of benzene rings is 1. The lowest BCUT2D eigenvalue weighted by Crippen LogP contribution is -2.48. The summed E-state index contributed by atoms with van der Waals surface area (Å²) in [6, 6.07) is 3.38. The first kappa shape index (κ1) is 18.4. The SMILES string of the molecule is NC1CC(N2CCC3=C2CCCN3CC2CC2)COC1c1cc(F)ccc1F. The van der Waals surface area contributed by atoms with Gasteiger partial charge in [0, 0.05) is 49.1 Å². The van der Waals surface area contributed by atoms with Gasteiger partial charge in [0.15, 0.2) is 0 Å². The summed E-state index contributed by atoms with van der Waals surface area (Å²) >= 11 is 0. The summed E-state index contributed by atoms with van der Waals surface area (Å²) in [4.78, 5) is 5.11. The Hall–Kier alpha value is -1.66. The topological polar surface area (TPSA) is 41.7 Å². The fourth-order valence-corrected chi connectivity index (χ4v) is 5.20. The zero-order chi connectivity index (χ0) is 19.3. The molecular weight excluding hydrogens is 360 g/mol. The average molecular weight is 389 g/mol. The molecule has 0 amide bonds. The Kier molecular flexibility index (Phi) is 4.79. The van der Waals surface area contributed by atoms with Crippen LogP contribution in [0.3, 0.4) is 0 Å². The fourth-order valence-electron chi connectivity index (χ4n) is 5.20. The Bertz CT molecular complexity index is 779. The standard InChI is InChI=1S/C22H29F2N3O/c23-15-5-6-18(24)17(10-15)22-19(25)11-16(13-28-22)27-9-7-20-21(27)2-1-8-26(20)12-14-3-4-14/h5-6,10,14,16,19,22H,1-4,7-9,11-13,25H2. The molecule has 0 radical (unpaired) electrons. The number of nitrogens with two attached hydrogens (primary N) is 1. The van der Waals surface area contributed by atoms with Crippen LogP contribution in [0.15, 0.2) is 29.6 Å². The van der Waals surface area contributed by atoms with Crippen LogP contribution in [0.25, 0.3) is 0 Å². The highest BCUT2D eigenvalue weighted by Gasteiger charge is 2.39. The van der Waals surface area contributed by atoms with E-state index in [2.05, 4.69) is 9.80 Å². The number of hydrogen-bond acceptors (Lipinski definition) is 4. The second-order valence-electron chi connectivity index (χ2n) is 8.80. The molecule has 3 unspecified atom stereocenters. The van der Waals surface area contributed by atoms with E-state index in [9.17, 15) is 8.78 Å². The van der Waals surface area contributed by atoms with Gasteiger partial charge < -0.3 is 20.3 Å². The maximum atomic E-state index is 14.2. The molecule has 4 aliphatic rings. The van der Waals surface area contributed by atoms with Crippen molar-refractivity contribution in [1.29, 1.82) is 0 Å². The zero-order valence-electron chi connectivity index (χ0n) is 16.2. The van der Waals surface area contributed by atoms with Crippen LogP contribution in [0.4, 0.5) is 8.78 Å². The normalized spacial score (nSPS) is 30.8. The highest BCUT2D eigenvalue weighted by Crippen LogP contribution is 2.40. The predicted molar refractivity (Wildman–Crippen MR) is 103 cm³/mol. The Labute approximate surface area is 165 Å². The lowest BCUT2D eigenvalue weighted by Gasteiger charge is -2.41. The summed E-state index contributed by atoms with van der Waals surface area (Å²) in [6.07, 6.45) is 6.36. The molecule has 1 saturated carbocycles. The molecule has 3 aliphatic heterocycles. The lowest BCUT2D eigenvalue weighted by atomic mass is 9.93. The molecule has 3 heterocycles. The van der Waals surface area contributed by atoms with Gasteiger partial charge in [0.05, 0.1) is 12.6 Å². The first-order valence-electron chi connectivity index (χ1n) is 10.7. The van der Waals surface area contributed by atoms with Gasteiger partial charge in [0.25, 0.3) is 0 Å². The number of allylic oxidation sites excluding steroid dienone is 1. The molecule has 152 valence electrons. The van der Waals surface area contributed by atoms with Gasteiger partial charge >= 0.3 is 0 Å². The van der Waals surface area contributed by atoms with E-state index in [0.29, 0.717) is 6.61 Å². The Balaban J connectivity index is 1.29. The lowest BCUT2D eigenvalue weighted by molar-refractivity contribution is -0.0436. The molecule has 1 aromatic carbocycles. The maximum absolute atomic E-state index is 14.2. The van der Waals surface area contributed by atoms with Crippen molar-refractivity contribution in [2.45, 2.75) is 56.7 Å². The maximum Gasteiger partial charge on any atom is 0.129 e. The fraction of sp³-hybridized carbons (Fsp3) is 0.636. The van der Waals surface area contributed by atoms with Crippen molar-refractivity contribution in [3.63, 3.8) is 0 Å². The van der Waals surface area contributed by atoms with Gasteiger partial charge in [-0.15, -0.1) is 0 Å². The van der Waals surface area contributed by atoms with Gasteiger partial charge in [-0.05, 0) is 56.2 Å². The molecule has 1 aromatic rings. The quantitative estimate of drug-likeness (QED) is 0.855. The van der Waals surface area contributed by atoms with Crippen molar-refractivity contribution < 1.29 is 13.5 Å². The minimum absolute atomic E-state index is 0.219. The minimum Gasteiger partial charge on any atom is -0.373 e. The van der Waals surface area contributed by atoms with Crippen LogP contribution in [0, 0.1) is 17.6 Å². The Morgan fingerprint density at radius 2 is 1.96 bits per heavy atom. The van der Waals surface area contributed by atoms with Gasteiger partial charge in [0.2, 0.25) is 0 Å². The van der Waals surface area contributed by atoms with Gasteiger partial charge in [0.1, 0.15) is 17.7 Å². The molecule has 2 N–H and O–H groups in total. The van der Waals surface area contributed by atoms with Crippen molar-refractivity contribution in [2.75, 3.05) is 26.2 Å².